The lowest BCUT2D eigenvalue weighted by Gasteiger charge is -2.26. The Balaban J connectivity index is 1.11. The van der Waals surface area contributed by atoms with Crippen LogP contribution in [0.4, 0.5) is 17.1 Å². The fraction of sp³-hybridized carbons (Fsp3) is 0. The number of anilines is 3. The molecule has 0 saturated carbocycles. The van der Waals surface area contributed by atoms with Gasteiger partial charge in [-0.05, 0) is 115 Å². The van der Waals surface area contributed by atoms with E-state index in [-0.39, 0.29) is 35.4 Å². The first-order chi connectivity index (χ1) is 27.9. The first kappa shape index (κ1) is 27.7. The van der Waals surface area contributed by atoms with Crippen LogP contribution < -0.4 is 4.90 Å². The van der Waals surface area contributed by atoms with Crippen LogP contribution in [0, 0.1) is 0 Å². The third-order valence-corrected chi connectivity index (χ3v) is 9.75. The zero-order valence-corrected chi connectivity index (χ0v) is 29.0. The number of benzene rings is 9. The van der Waals surface area contributed by atoms with E-state index in [0.717, 1.165) is 55.9 Å². The van der Waals surface area contributed by atoms with Crippen molar-refractivity contribution in [2.75, 3.05) is 4.90 Å². The lowest BCUT2D eigenvalue weighted by atomic mass is 9.97. The van der Waals surface area contributed by atoms with Crippen LogP contribution in [-0.2, 0) is 0 Å². The van der Waals surface area contributed by atoms with Gasteiger partial charge in [0.1, 0.15) is 0 Å². The van der Waals surface area contributed by atoms with E-state index in [1.165, 1.54) is 10.8 Å². The Morgan fingerprint density at radius 3 is 1.19 bits per heavy atom. The van der Waals surface area contributed by atoms with E-state index in [0.29, 0.717) is 5.56 Å². The second-order valence-electron chi connectivity index (χ2n) is 13.1. The maximum atomic E-state index is 9.32. The fourth-order valence-corrected chi connectivity index (χ4v) is 6.91. The highest BCUT2D eigenvalue weighted by Gasteiger charge is 2.14. The molecule has 0 spiro atoms. The molecule has 0 N–H and O–H groups in total. The first-order valence-electron chi connectivity index (χ1n) is 19.8. The molecule has 0 radical (unpaired) electrons. The van der Waals surface area contributed by atoms with Gasteiger partial charge in [0.05, 0.1) is 5.48 Å². The van der Waals surface area contributed by atoms with Crippen LogP contribution in [0.1, 0.15) is 5.48 Å². The SMILES string of the molecule is [2H]c1c([2H])c(N(c2ccc(-c3ccc(-c4ccccc4)cc3)cc2)c2ccc(-c3cccc(-c4ccc5ccccc5c4)c3)cc2)c([2H])c([2H])c1-c1ccccc1. The molecule has 250 valence electrons. The Kier molecular flexibility index (Phi) is 7.50. The highest BCUT2D eigenvalue weighted by Crippen LogP contribution is 2.38. The van der Waals surface area contributed by atoms with E-state index in [1.54, 1.807) is 0 Å². The smallest absolute Gasteiger partial charge is 0.0645 e. The molecular weight excluding hydrogens is 639 g/mol. The van der Waals surface area contributed by atoms with Crippen molar-refractivity contribution in [1.82, 2.24) is 0 Å². The molecule has 0 atom stereocenters. The fourth-order valence-electron chi connectivity index (χ4n) is 6.91. The van der Waals surface area contributed by atoms with Crippen LogP contribution >= 0.6 is 0 Å². The minimum atomic E-state index is -0.109. The molecule has 9 aromatic carbocycles. The van der Waals surface area contributed by atoms with Gasteiger partial charge in [0, 0.05) is 17.1 Å². The van der Waals surface area contributed by atoms with Crippen molar-refractivity contribution in [3.05, 3.63) is 224 Å². The molecule has 0 bridgehead atoms. The molecule has 1 nitrogen and oxygen atoms in total. The van der Waals surface area contributed by atoms with E-state index >= 15 is 0 Å². The second-order valence-corrected chi connectivity index (χ2v) is 13.1. The lowest BCUT2D eigenvalue weighted by Crippen LogP contribution is -2.09. The van der Waals surface area contributed by atoms with Crippen molar-refractivity contribution >= 4 is 27.8 Å². The van der Waals surface area contributed by atoms with Crippen molar-refractivity contribution in [2.24, 2.45) is 0 Å². The van der Waals surface area contributed by atoms with Crippen molar-refractivity contribution in [3.63, 3.8) is 0 Å². The molecular formula is C52H37N. The maximum Gasteiger partial charge on any atom is 0.0645 e. The Bertz CT molecular complexity index is 2820. The molecule has 0 aliphatic heterocycles. The summed E-state index contributed by atoms with van der Waals surface area (Å²) in [5.41, 5.74) is 11.3. The summed E-state index contributed by atoms with van der Waals surface area (Å²) < 4.78 is 36.9. The highest BCUT2D eigenvalue weighted by atomic mass is 15.1. The van der Waals surface area contributed by atoms with Gasteiger partial charge in [-0.2, -0.15) is 0 Å². The largest absolute Gasteiger partial charge is 0.311 e. The second kappa shape index (κ2) is 14.3. The normalized spacial score (nSPS) is 12.1. The average molecular weight is 680 g/mol. The zero-order valence-electron chi connectivity index (χ0n) is 33.0. The minimum absolute atomic E-state index is 0.0838. The van der Waals surface area contributed by atoms with E-state index < -0.39 is 0 Å². The van der Waals surface area contributed by atoms with Crippen LogP contribution in [0.3, 0.4) is 0 Å². The van der Waals surface area contributed by atoms with E-state index in [9.17, 15) is 2.74 Å². The van der Waals surface area contributed by atoms with Gasteiger partial charge in [-0.3, -0.25) is 0 Å². The number of rotatable bonds is 8. The van der Waals surface area contributed by atoms with Gasteiger partial charge in [0.15, 0.2) is 0 Å². The molecule has 0 aliphatic carbocycles. The van der Waals surface area contributed by atoms with E-state index in [4.69, 9.17) is 2.74 Å². The van der Waals surface area contributed by atoms with Crippen LogP contribution in [0.25, 0.3) is 66.4 Å². The van der Waals surface area contributed by atoms with Gasteiger partial charge in [0.2, 0.25) is 0 Å². The molecule has 0 amide bonds. The number of fused-ring (bicyclic) bond motifs is 1. The van der Waals surface area contributed by atoms with E-state index in [2.05, 4.69) is 115 Å². The summed E-state index contributed by atoms with van der Waals surface area (Å²) in [4.78, 5) is 1.84. The summed E-state index contributed by atoms with van der Waals surface area (Å²) in [6.07, 6.45) is 0. The summed E-state index contributed by atoms with van der Waals surface area (Å²) in [7, 11) is 0. The predicted octanol–water partition coefficient (Wildman–Crippen LogP) is 14.6. The summed E-state index contributed by atoms with van der Waals surface area (Å²) in [5.74, 6) is 0. The quantitative estimate of drug-likeness (QED) is 0.154. The molecule has 0 heterocycles. The average Bonchev–Trinajstić information content (AvgIpc) is 3.28. The maximum absolute atomic E-state index is 9.32. The monoisotopic (exact) mass is 679 g/mol. The third kappa shape index (κ3) is 6.77. The van der Waals surface area contributed by atoms with Crippen LogP contribution in [0.2, 0.25) is 0 Å². The summed E-state index contributed by atoms with van der Waals surface area (Å²) in [6.45, 7) is 0. The van der Waals surface area contributed by atoms with Gasteiger partial charge in [-0.1, -0.05) is 176 Å². The molecule has 1 heteroatoms. The van der Waals surface area contributed by atoms with Gasteiger partial charge in [0.25, 0.3) is 0 Å². The molecule has 0 unspecified atom stereocenters. The van der Waals surface area contributed by atoms with Crippen molar-refractivity contribution in [3.8, 4) is 55.6 Å². The van der Waals surface area contributed by atoms with Gasteiger partial charge in [-0.15, -0.1) is 0 Å². The standard InChI is InChI=1S/C52H37N/c1-3-10-38(11-4-1)41-18-20-42(21-19-41)44-26-32-51(33-27-44)53(50-30-24-43(25-31-50)39-12-5-2-6-13-39)52-34-28-45(29-35-52)47-16-9-17-48(36-47)49-23-22-40-14-7-8-15-46(40)37-49/h1-37H/i24D,25D,30D,31D. The third-order valence-electron chi connectivity index (χ3n) is 9.75. The predicted molar refractivity (Wildman–Crippen MR) is 226 cm³/mol. The molecule has 0 fully saturated rings. The summed E-state index contributed by atoms with van der Waals surface area (Å²) in [5, 5.41) is 2.41. The molecule has 53 heavy (non-hydrogen) atoms. The van der Waals surface area contributed by atoms with E-state index in [1.807, 2.05) is 89.8 Å². The van der Waals surface area contributed by atoms with Crippen molar-refractivity contribution in [2.45, 2.75) is 0 Å². The van der Waals surface area contributed by atoms with Gasteiger partial charge in [-0.25, -0.2) is 0 Å². The van der Waals surface area contributed by atoms with Gasteiger partial charge >= 0.3 is 0 Å². The minimum Gasteiger partial charge on any atom is -0.311 e. The molecule has 0 aromatic heterocycles. The van der Waals surface area contributed by atoms with Crippen LogP contribution in [0.15, 0.2) is 224 Å². The number of hydrogen-bond acceptors (Lipinski definition) is 1. The van der Waals surface area contributed by atoms with Crippen LogP contribution in [-0.4, -0.2) is 0 Å². The lowest BCUT2D eigenvalue weighted by molar-refractivity contribution is 1.28. The molecule has 0 saturated heterocycles. The molecule has 9 rings (SSSR count). The molecule has 9 aromatic rings. The Morgan fingerprint density at radius 2 is 0.623 bits per heavy atom. The topological polar surface area (TPSA) is 3.24 Å². The Hall–Kier alpha value is -6.96. The summed E-state index contributed by atoms with van der Waals surface area (Å²) >= 11 is 0. The first-order valence-corrected chi connectivity index (χ1v) is 17.8. The number of hydrogen-bond donors (Lipinski definition) is 0. The Labute approximate surface area is 317 Å². The van der Waals surface area contributed by atoms with Crippen molar-refractivity contribution in [1.29, 1.82) is 0 Å². The molecule has 0 aliphatic rings. The Morgan fingerprint density at radius 1 is 0.245 bits per heavy atom. The number of nitrogens with zero attached hydrogens (tertiary/aromatic N) is 1. The van der Waals surface area contributed by atoms with Gasteiger partial charge < -0.3 is 4.90 Å². The zero-order chi connectivity index (χ0) is 38.9. The van der Waals surface area contributed by atoms with Crippen molar-refractivity contribution < 1.29 is 5.48 Å². The summed E-state index contributed by atoms with van der Waals surface area (Å²) in [6, 6.07) is 67.2. The van der Waals surface area contributed by atoms with Crippen LogP contribution in [0.5, 0.6) is 0 Å². The highest BCUT2D eigenvalue weighted by molar-refractivity contribution is 5.88.